The molecule has 1 aliphatic heterocycles. The molecule has 1 rings (SSSR count). The molecule has 94 valence electrons. The highest BCUT2D eigenvalue weighted by Crippen LogP contribution is 2.19. The second-order valence-corrected chi connectivity index (χ2v) is 4.02. The average Bonchev–Trinajstić information content (AvgIpc) is 2.28. The van der Waals surface area contributed by atoms with Gasteiger partial charge in [0.25, 0.3) is 0 Å². The van der Waals surface area contributed by atoms with Crippen LogP contribution in [0.2, 0.25) is 0 Å². The Morgan fingerprint density at radius 1 is 1.31 bits per heavy atom. The van der Waals surface area contributed by atoms with E-state index in [2.05, 4.69) is 21.2 Å². The number of carbonyl (C=O) groups excluding carboxylic acids is 1. The molecular weight excluding hydrogens is 286 g/mol. The summed E-state index contributed by atoms with van der Waals surface area (Å²) < 4.78 is 4.84. The molecule has 16 heavy (non-hydrogen) atoms. The summed E-state index contributed by atoms with van der Waals surface area (Å²) in [6.45, 7) is -0.533. The van der Waals surface area contributed by atoms with E-state index >= 15 is 0 Å². The van der Waals surface area contributed by atoms with Crippen LogP contribution in [0, 0.1) is 0 Å². The molecule has 1 unspecified atom stereocenters. The van der Waals surface area contributed by atoms with Crippen LogP contribution in [0.15, 0.2) is 0 Å². The van der Waals surface area contributed by atoms with Crippen LogP contribution < -0.4 is 5.32 Å². The number of nitrogens with one attached hydrogen (secondary N) is 1. The summed E-state index contributed by atoms with van der Waals surface area (Å²) in [6, 6.07) is -1.12. The summed E-state index contributed by atoms with van der Waals surface area (Å²) >= 11 is 2.90. The van der Waals surface area contributed by atoms with E-state index in [1.165, 1.54) is 0 Å². The number of hydrogen-bond acceptors (Lipinski definition) is 6. The van der Waals surface area contributed by atoms with Gasteiger partial charge in [0, 0.05) is 0 Å². The van der Waals surface area contributed by atoms with Gasteiger partial charge in [-0.15, -0.1) is 0 Å². The molecule has 0 bridgehead atoms. The second-order valence-electron chi connectivity index (χ2n) is 3.46. The van der Waals surface area contributed by atoms with Crippen molar-refractivity contribution in [3.8, 4) is 0 Å². The Hall–Kier alpha value is -0.250. The van der Waals surface area contributed by atoms with Crippen LogP contribution in [-0.2, 0) is 9.53 Å². The van der Waals surface area contributed by atoms with Crippen molar-refractivity contribution in [1.29, 1.82) is 0 Å². The molecule has 0 saturated carbocycles. The number of carbonyl (C=O) groups is 1. The number of aliphatic hydroxyl groups is 4. The van der Waals surface area contributed by atoms with Gasteiger partial charge in [0.15, 0.2) is 6.29 Å². The number of rotatable bonds is 3. The van der Waals surface area contributed by atoms with Crippen LogP contribution >= 0.6 is 15.9 Å². The van der Waals surface area contributed by atoms with E-state index in [1.54, 1.807) is 0 Å². The molecule has 1 amide bonds. The highest BCUT2D eigenvalue weighted by atomic mass is 79.9. The van der Waals surface area contributed by atoms with Gasteiger partial charge in [-0.25, -0.2) is 0 Å². The number of aliphatic hydroxyl groups excluding tert-OH is 4. The van der Waals surface area contributed by atoms with Gasteiger partial charge in [-0.3, -0.25) is 4.79 Å². The van der Waals surface area contributed by atoms with Gasteiger partial charge in [0.05, 0.1) is 11.9 Å². The van der Waals surface area contributed by atoms with Crippen molar-refractivity contribution in [2.75, 3.05) is 11.9 Å². The van der Waals surface area contributed by atoms with Crippen LogP contribution in [0.5, 0.6) is 0 Å². The summed E-state index contributed by atoms with van der Waals surface area (Å²) in [5.74, 6) is -0.457. The molecule has 1 heterocycles. The maximum atomic E-state index is 11.1. The minimum Gasteiger partial charge on any atom is -0.394 e. The largest absolute Gasteiger partial charge is 0.394 e. The van der Waals surface area contributed by atoms with Gasteiger partial charge in [0.1, 0.15) is 24.4 Å². The molecule has 0 aromatic rings. The highest BCUT2D eigenvalue weighted by molar-refractivity contribution is 9.09. The van der Waals surface area contributed by atoms with E-state index in [9.17, 15) is 20.1 Å². The summed E-state index contributed by atoms with van der Waals surface area (Å²) in [4.78, 5) is 11.1. The van der Waals surface area contributed by atoms with Crippen molar-refractivity contribution in [2.45, 2.75) is 30.6 Å². The third-order valence-electron chi connectivity index (χ3n) is 2.35. The lowest BCUT2D eigenvalue weighted by atomic mass is 9.97. The molecule has 5 atom stereocenters. The van der Waals surface area contributed by atoms with E-state index < -0.39 is 43.2 Å². The van der Waals surface area contributed by atoms with Gasteiger partial charge in [-0.05, 0) is 0 Å². The SMILES string of the molecule is O=C(CBr)N[C@@H]1C(O)O[C@H](CO)[C@@H](O)[C@@H]1O. The molecule has 0 aromatic carbocycles. The first-order valence-electron chi connectivity index (χ1n) is 4.67. The van der Waals surface area contributed by atoms with Gasteiger partial charge in [0.2, 0.25) is 5.91 Å². The summed E-state index contributed by atoms with van der Waals surface area (Å²) in [5, 5.41) is 39.7. The summed E-state index contributed by atoms with van der Waals surface area (Å²) in [6.07, 6.45) is -5.31. The fraction of sp³-hybridized carbons (Fsp3) is 0.875. The highest BCUT2D eigenvalue weighted by Gasteiger charge is 2.44. The lowest BCUT2D eigenvalue weighted by Gasteiger charge is -2.40. The Bertz CT molecular complexity index is 253. The zero-order valence-corrected chi connectivity index (χ0v) is 9.87. The Labute approximate surface area is 100 Å². The fourth-order valence-electron chi connectivity index (χ4n) is 1.48. The zero-order valence-electron chi connectivity index (χ0n) is 8.28. The van der Waals surface area contributed by atoms with Crippen LogP contribution in [0.25, 0.3) is 0 Å². The van der Waals surface area contributed by atoms with Crippen molar-refractivity contribution in [3.05, 3.63) is 0 Å². The van der Waals surface area contributed by atoms with Crippen molar-refractivity contribution in [1.82, 2.24) is 5.32 Å². The van der Waals surface area contributed by atoms with E-state index in [4.69, 9.17) is 9.84 Å². The third kappa shape index (κ3) is 2.90. The van der Waals surface area contributed by atoms with Crippen LogP contribution in [0.4, 0.5) is 0 Å². The summed E-state index contributed by atoms with van der Waals surface area (Å²) in [5.41, 5.74) is 0. The molecule has 1 saturated heterocycles. The van der Waals surface area contributed by atoms with E-state index in [-0.39, 0.29) is 5.33 Å². The molecule has 0 aromatic heterocycles. The normalized spacial score (nSPS) is 39.4. The second kappa shape index (κ2) is 5.89. The molecule has 0 spiro atoms. The molecule has 7 nitrogen and oxygen atoms in total. The summed E-state index contributed by atoms with van der Waals surface area (Å²) in [7, 11) is 0. The van der Waals surface area contributed by atoms with Gasteiger partial charge < -0.3 is 30.5 Å². The first-order valence-corrected chi connectivity index (χ1v) is 5.79. The number of alkyl halides is 1. The molecule has 8 heteroatoms. The zero-order chi connectivity index (χ0) is 12.3. The lowest BCUT2D eigenvalue weighted by molar-refractivity contribution is -0.253. The quantitative estimate of drug-likeness (QED) is 0.362. The van der Waals surface area contributed by atoms with Crippen LogP contribution in [0.1, 0.15) is 0 Å². The van der Waals surface area contributed by atoms with Crippen molar-refractivity contribution in [2.24, 2.45) is 0 Å². The predicted molar refractivity (Wildman–Crippen MR) is 55.7 cm³/mol. The number of amides is 1. The molecule has 1 aliphatic rings. The smallest absolute Gasteiger partial charge is 0.231 e. The Morgan fingerprint density at radius 3 is 2.44 bits per heavy atom. The fourth-order valence-corrected chi connectivity index (χ4v) is 1.64. The molecular formula is C8H14BrNO6. The average molecular weight is 300 g/mol. The lowest BCUT2D eigenvalue weighted by Crippen LogP contribution is -2.64. The van der Waals surface area contributed by atoms with Crippen molar-refractivity contribution in [3.63, 3.8) is 0 Å². The number of ether oxygens (including phenoxy) is 1. The van der Waals surface area contributed by atoms with E-state index in [0.29, 0.717) is 0 Å². The molecule has 5 N–H and O–H groups in total. The molecule has 0 radical (unpaired) electrons. The standard InChI is InChI=1S/C8H14BrNO6/c9-1-4(12)10-5-7(14)6(13)3(2-11)16-8(5)15/h3,5-8,11,13-15H,1-2H2,(H,10,12)/t3-,5+,6-,7-,8?/m1/s1. The maximum Gasteiger partial charge on any atom is 0.231 e. The Balaban J connectivity index is 2.67. The number of halogens is 1. The molecule has 0 aliphatic carbocycles. The minimum atomic E-state index is -1.47. The Morgan fingerprint density at radius 2 is 1.94 bits per heavy atom. The first-order chi connectivity index (χ1) is 7.51. The molecule has 1 fully saturated rings. The predicted octanol–water partition coefficient (Wildman–Crippen LogP) is -2.70. The third-order valence-corrected chi connectivity index (χ3v) is 2.86. The maximum absolute atomic E-state index is 11.1. The van der Waals surface area contributed by atoms with Gasteiger partial charge in [-0.2, -0.15) is 0 Å². The van der Waals surface area contributed by atoms with E-state index in [0.717, 1.165) is 0 Å². The Kier molecular flexibility index (Phi) is 5.09. The first kappa shape index (κ1) is 13.8. The van der Waals surface area contributed by atoms with E-state index in [1.807, 2.05) is 0 Å². The number of hydrogen-bond donors (Lipinski definition) is 5. The minimum absolute atomic E-state index is 0.00244. The van der Waals surface area contributed by atoms with Crippen LogP contribution in [-0.4, -0.2) is 68.9 Å². The monoisotopic (exact) mass is 299 g/mol. The topological polar surface area (TPSA) is 119 Å². The van der Waals surface area contributed by atoms with Crippen LogP contribution in [0.3, 0.4) is 0 Å². The van der Waals surface area contributed by atoms with Gasteiger partial charge >= 0.3 is 0 Å². The van der Waals surface area contributed by atoms with Crippen molar-refractivity contribution < 1.29 is 30.0 Å². The van der Waals surface area contributed by atoms with Crippen molar-refractivity contribution >= 4 is 21.8 Å². The van der Waals surface area contributed by atoms with Gasteiger partial charge in [-0.1, -0.05) is 15.9 Å².